The maximum atomic E-state index is 13.5. The minimum Gasteiger partial charge on any atom is -0.315 e. The quantitative estimate of drug-likeness (QED) is 0.328. The lowest BCUT2D eigenvalue weighted by Crippen LogP contribution is -2.58. The second kappa shape index (κ2) is 9.61. The molecule has 0 bridgehead atoms. The van der Waals surface area contributed by atoms with Gasteiger partial charge in [-0.15, -0.1) is 0 Å². The number of benzene rings is 2. The van der Waals surface area contributed by atoms with Crippen LogP contribution in [-0.4, -0.2) is 45.5 Å². The van der Waals surface area contributed by atoms with Crippen LogP contribution in [0.25, 0.3) is 0 Å². The van der Waals surface area contributed by atoms with Gasteiger partial charge in [-0.1, -0.05) is 44.0 Å². The van der Waals surface area contributed by atoms with Gasteiger partial charge in [-0.25, -0.2) is 9.59 Å². The number of hydrogen-bond acceptors (Lipinski definition) is 3. The molecule has 0 spiro atoms. The van der Waals surface area contributed by atoms with Crippen molar-refractivity contribution in [2.45, 2.75) is 65.6 Å². The van der Waals surface area contributed by atoms with Crippen molar-refractivity contribution in [3.8, 4) is 0 Å². The van der Waals surface area contributed by atoms with Gasteiger partial charge in [0.05, 0.1) is 5.54 Å². The first-order chi connectivity index (χ1) is 15.2. The summed E-state index contributed by atoms with van der Waals surface area (Å²) in [6.07, 6.45) is 2.01. The van der Waals surface area contributed by atoms with Crippen molar-refractivity contribution in [1.29, 1.82) is 0 Å². The van der Waals surface area contributed by atoms with Crippen molar-refractivity contribution in [3.05, 3.63) is 59.7 Å². The molecule has 7 nitrogen and oxygen atoms in total. The Bertz CT molecular complexity index is 975. The van der Waals surface area contributed by atoms with Crippen LogP contribution < -0.4 is 10.2 Å². The van der Waals surface area contributed by atoms with E-state index in [4.69, 9.17) is 0 Å². The highest BCUT2D eigenvalue weighted by molar-refractivity contribution is 5.98. The lowest BCUT2D eigenvalue weighted by molar-refractivity contribution is -0.0949. The summed E-state index contributed by atoms with van der Waals surface area (Å²) < 4.78 is 0. The monoisotopic (exact) mass is 438 g/mol. The fourth-order valence-electron chi connectivity index (χ4n) is 4.29. The summed E-state index contributed by atoms with van der Waals surface area (Å²) in [5, 5.41) is 14.5. The van der Waals surface area contributed by atoms with Gasteiger partial charge in [0.2, 0.25) is 0 Å². The molecule has 32 heavy (non-hydrogen) atoms. The second-order valence-electron chi connectivity index (χ2n) is 9.02. The van der Waals surface area contributed by atoms with E-state index in [0.29, 0.717) is 23.0 Å². The largest absolute Gasteiger partial charge is 0.347 e. The van der Waals surface area contributed by atoms with Gasteiger partial charge in [0, 0.05) is 17.9 Å². The highest BCUT2D eigenvalue weighted by atomic mass is 16.5. The molecule has 0 aliphatic carbocycles. The molecule has 1 heterocycles. The first kappa shape index (κ1) is 23.6. The van der Waals surface area contributed by atoms with Crippen molar-refractivity contribution < 1.29 is 14.8 Å². The van der Waals surface area contributed by atoms with Gasteiger partial charge < -0.3 is 10.2 Å². The zero-order chi connectivity index (χ0) is 23.5. The second-order valence-corrected chi connectivity index (χ2v) is 9.02. The van der Waals surface area contributed by atoms with Crippen molar-refractivity contribution in [2.75, 3.05) is 16.8 Å². The van der Waals surface area contributed by atoms with E-state index in [1.807, 2.05) is 70.2 Å². The molecule has 7 heteroatoms. The van der Waals surface area contributed by atoms with E-state index in [0.717, 1.165) is 30.4 Å². The van der Waals surface area contributed by atoms with Crippen LogP contribution in [-0.2, 0) is 0 Å². The fraction of sp³-hybridized carbons (Fsp3) is 0.440. The molecule has 2 aromatic carbocycles. The average molecular weight is 439 g/mol. The zero-order valence-corrected chi connectivity index (χ0v) is 19.6. The van der Waals surface area contributed by atoms with Crippen molar-refractivity contribution in [1.82, 2.24) is 9.96 Å². The fourth-order valence-corrected chi connectivity index (χ4v) is 4.29. The van der Waals surface area contributed by atoms with E-state index < -0.39 is 17.7 Å². The first-order valence-corrected chi connectivity index (χ1v) is 11.2. The third-order valence-corrected chi connectivity index (χ3v) is 5.98. The number of amides is 4. The minimum atomic E-state index is -0.900. The summed E-state index contributed by atoms with van der Waals surface area (Å²) in [6, 6.07) is 14.0. The molecule has 172 valence electrons. The van der Waals surface area contributed by atoms with Crippen LogP contribution in [0, 0.1) is 13.8 Å². The summed E-state index contributed by atoms with van der Waals surface area (Å²) in [7, 11) is 0. The Morgan fingerprint density at radius 2 is 1.75 bits per heavy atom. The highest BCUT2D eigenvalue weighted by Gasteiger charge is 2.55. The predicted molar refractivity (Wildman–Crippen MR) is 127 cm³/mol. The Morgan fingerprint density at radius 1 is 1.09 bits per heavy atom. The SMILES string of the molecule is CCCCCN1C(=O)N(c2cccc(C)c2)[C@@H](N(O)C(=O)Nc2cccc(C)c2)C1(C)C. The summed E-state index contributed by atoms with van der Waals surface area (Å²) in [4.78, 5) is 29.9. The summed E-state index contributed by atoms with van der Waals surface area (Å²) in [5.74, 6) is 0. The third kappa shape index (κ3) is 4.72. The van der Waals surface area contributed by atoms with E-state index in [1.54, 1.807) is 11.0 Å². The van der Waals surface area contributed by atoms with Crippen LogP contribution in [0.1, 0.15) is 51.2 Å². The Kier molecular flexibility index (Phi) is 7.09. The molecule has 1 aliphatic heterocycles. The predicted octanol–water partition coefficient (Wildman–Crippen LogP) is 5.76. The number of anilines is 2. The number of urea groups is 2. The van der Waals surface area contributed by atoms with Crippen molar-refractivity contribution in [3.63, 3.8) is 0 Å². The van der Waals surface area contributed by atoms with E-state index in [2.05, 4.69) is 12.2 Å². The minimum absolute atomic E-state index is 0.218. The summed E-state index contributed by atoms with van der Waals surface area (Å²) in [6.45, 7) is 10.3. The normalized spacial score (nSPS) is 17.6. The van der Waals surface area contributed by atoms with Gasteiger partial charge in [0.15, 0.2) is 6.17 Å². The molecule has 1 aliphatic rings. The van der Waals surface area contributed by atoms with Crippen LogP contribution >= 0.6 is 0 Å². The molecule has 1 fully saturated rings. The van der Waals surface area contributed by atoms with Gasteiger partial charge in [-0.05, 0) is 69.5 Å². The molecule has 1 atom stereocenters. The van der Waals surface area contributed by atoms with E-state index in [9.17, 15) is 14.8 Å². The number of unbranched alkanes of at least 4 members (excludes halogenated alkanes) is 2. The molecule has 0 aromatic heterocycles. The standard InChI is InChI=1S/C25H34N4O3/c1-6-7-8-15-27-24(31)28(21-14-10-12-19(3)17-21)22(25(27,4)5)29(32)23(30)26-20-13-9-11-18(2)16-20/h9-14,16-17,22,32H,6-8,15H2,1-5H3,(H,26,30)/t22-/m0/s1. The van der Waals surface area contributed by atoms with Crippen LogP contribution in [0.3, 0.4) is 0 Å². The van der Waals surface area contributed by atoms with Crippen LogP contribution in [0.4, 0.5) is 21.0 Å². The maximum absolute atomic E-state index is 13.5. The summed E-state index contributed by atoms with van der Waals surface area (Å²) >= 11 is 0. The molecule has 2 N–H and O–H groups in total. The van der Waals surface area contributed by atoms with Gasteiger partial charge in [-0.3, -0.25) is 10.1 Å². The number of nitrogens with one attached hydrogen (secondary N) is 1. The molecule has 4 amide bonds. The molecule has 0 saturated carbocycles. The molecule has 3 rings (SSSR count). The number of hydrogen-bond donors (Lipinski definition) is 2. The lowest BCUT2D eigenvalue weighted by Gasteiger charge is -2.38. The van der Waals surface area contributed by atoms with Crippen LogP contribution in [0.2, 0.25) is 0 Å². The summed E-state index contributed by atoms with van der Waals surface area (Å²) in [5.41, 5.74) is 2.40. The first-order valence-electron chi connectivity index (χ1n) is 11.2. The Labute approximate surface area is 190 Å². The molecule has 0 unspecified atom stereocenters. The van der Waals surface area contributed by atoms with Gasteiger partial charge in [-0.2, -0.15) is 5.06 Å². The number of carbonyl (C=O) groups excluding carboxylic acids is 2. The Morgan fingerprint density at radius 3 is 2.38 bits per heavy atom. The molecule has 2 aromatic rings. The number of aryl methyl sites for hydroxylation is 2. The molecule has 1 saturated heterocycles. The number of nitrogens with zero attached hydrogens (tertiary/aromatic N) is 3. The van der Waals surface area contributed by atoms with Crippen molar-refractivity contribution in [2.24, 2.45) is 0 Å². The number of rotatable bonds is 7. The zero-order valence-electron chi connectivity index (χ0n) is 19.6. The van der Waals surface area contributed by atoms with E-state index in [-0.39, 0.29) is 6.03 Å². The van der Waals surface area contributed by atoms with Crippen LogP contribution in [0.5, 0.6) is 0 Å². The lowest BCUT2D eigenvalue weighted by atomic mass is 9.99. The van der Waals surface area contributed by atoms with Gasteiger partial charge in [0.1, 0.15) is 0 Å². The Hall–Kier alpha value is -3.06. The maximum Gasteiger partial charge on any atom is 0.347 e. The van der Waals surface area contributed by atoms with Gasteiger partial charge >= 0.3 is 12.1 Å². The number of hydroxylamine groups is 2. The van der Waals surface area contributed by atoms with E-state index >= 15 is 0 Å². The van der Waals surface area contributed by atoms with Crippen LogP contribution in [0.15, 0.2) is 48.5 Å². The third-order valence-electron chi connectivity index (χ3n) is 5.98. The molecule has 0 radical (unpaired) electrons. The number of carbonyl (C=O) groups is 2. The topological polar surface area (TPSA) is 76.1 Å². The molecular formula is C25H34N4O3. The molecular weight excluding hydrogens is 404 g/mol. The average Bonchev–Trinajstić information content (AvgIpc) is 2.93. The Balaban J connectivity index is 1.95. The van der Waals surface area contributed by atoms with Gasteiger partial charge in [0.25, 0.3) is 0 Å². The van der Waals surface area contributed by atoms with Crippen molar-refractivity contribution >= 4 is 23.4 Å². The smallest absolute Gasteiger partial charge is 0.315 e. The highest BCUT2D eigenvalue weighted by Crippen LogP contribution is 2.38. The van der Waals surface area contributed by atoms with E-state index in [1.165, 1.54) is 4.90 Å².